The molecule has 118 valence electrons. The van der Waals surface area contributed by atoms with Crippen LogP contribution in [0.2, 0.25) is 0 Å². The maximum absolute atomic E-state index is 13.3. The van der Waals surface area contributed by atoms with Gasteiger partial charge in [0, 0.05) is 31.6 Å². The van der Waals surface area contributed by atoms with E-state index in [1.807, 2.05) is 4.90 Å². The van der Waals surface area contributed by atoms with Crippen LogP contribution >= 0.6 is 15.9 Å². The number of Topliss-reactive ketones (excluding diaryl/α,β-unsaturated/α-hetero) is 1. The number of hydrogen-bond donors (Lipinski definition) is 0. The number of nitrogens with zero attached hydrogens (tertiary/aromatic N) is 2. The maximum atomic E-state index is 13.3. The molecule has 2 saturated carbocycles. The Morgan fingerprint density at radius 1 is 1.14 bits per heavy atom. The van der Waals surface area contributed by atoms with Gasteiger partial charge in [-0.1, -0.05) is 36.7 Å². The second-order valence-corrected chi connectivity index (χ2v) is 8.67. The predicted octanol–water partition coefficient (Wildman–Crippen LogP) is 1.92. The Kier molecular flexibility index (Phi) is 3.35. The summed E-state index contributed by atoms with van der Waals surface area (Å²) in [6.45, 7) is 9.67. The van der Waals surface area contributed by atoms with Gasteiger partial charge in [-0.25, -0.2) is 0 Å². The van der Waals surface area contributed by atoms with Gasteiger partial charge in [-0.15, -0.1) is 0 Å². The van der Waals surface area contributed by atoms with Crippen LogP contribution in [0.4, 0.5) is 0 Å². The standard InChI is InChI=1S/C16H25BrN2O2/c1-14(2)15(3)5-6-16(14,11(17)12(15)20)13(21)19-9-7-18(4)8-10-19/h11H,5-10H2,1-4H3/t11-,15-,16-/m1/s1. The van der Waals surface area contributed by atoms with Crippen LogP contribution in [0.1, 0.15) is 33.6 Å². The van der Waals surface area contributed by atoms with Crippen molar-refractivity contribution in [2.75, 3.05) is 33.2 Å². The molecule has 1 aliphatic heterocycles. The lowest BCUT2D eigenvalue weighted by Crippen LogP contribution is -2.56. The van der Waals surface area contributed by atoms with E-state index in [0.29, 0.717) is 0 Å². The zero-order chi connectivity index (χ0) is 15.6. The van der Waals surface area contributed by atoms with Crippen molar-refractivity contribution in [2.45, 2.75) is 38.4 Å². The molecule has 0 aromatic heterocycles. The first-order valence-corrected chi connectivity index (χ1v) is 8.76. The first-order chi connectivity index (χ1) is 9.68. The molecule has 3 atom stereocenters. The second kappa shape index (κ2) is 4.54. The summed E-state index contributed by atoms with van der Waals surface area (Å²) in [5.41, 5.74) is -1.22. The fourth-order valence-corrected chi connectivity index (χ4v) is 6.22. The van der Waals surface area contributed by atoms with Crippen LogP contribution in [0.3, 0.4) is 0 Å². The Morgan fingerprint density at radius 3 is 2.19 bits per heavy atom. The summed E-state index contributed by atoms with van der Waals surface area (Å²) in [5.74, 6) is 0.415. The molecule has 1 amide bonds. The van der Waals surface area contributed by atoms with E-state index in [9.17, 15) is 9.59 Å². The molecule has 0 unspecified atom stereocenters. The molecule has 0 aromatic carbocycles. The monoisotopic (exact) mass is 356 g/mol. The summed E-state index contributed by atoms with van der Waals surface area (Å²) in [6, 6.07) is 0. The minimum absolute atomic E-state index is 0.192. The summed E-state index contributed by atoms with van der Waals surface area (Å²) in [7, 11) is 2.09. The number of likely N-dealkylation sites (N-methyl/N-ethyl adjacent to an activating group) is 1. The third kappa shape index (κ3) is 1.65. The van der Waals surface area contributed by atoms with Crippen LogP contribution in [0.15, 0.2) is 0 Å². The average Bonchev–Trinajstić information content (AvgIpc) is 2.71. The highest BCUT2D eigenvalue weighted by molar-refractivity contribution is 9.10. The summed E-state index contributed by atoms with van der Waals surface area (Å²) < 4.78 is 0. The normalized spacial score (nSPS) is 42.6. The Morgan fingerprint density at radius 2 is 1.71 bits per heavy atom. The Bertz CT molecular complexity index is 499. The van der Waals surface area contributed by atoms with Gasteiger partial charge < -0.3 is 9.80 Å². The van der Waals surface area contributed by atoms with Crippen molar-refractivity contribution in [3.63, 3.8) is 0 Å². The molecular formula is C16H25BrN2O2. The van der Waals surface area contributed by atoms with E-state index in [-0.39, 0.29) is 27.3 Å². The van der Waals surface area contributed by atoms with E-state index >= 15 is 0 Å². The van der Waals surface area contributed by atoms with Crippen molar-refractivity contribution in [3.05, 3.63) is 0 Å². The molecule has 3 aliphatic rings. The van der Waals surface area contributed by atoms with E-state index in [4.69, 9.17) is 0 Å². The van der Waals surface area contributed by atoms with Gasteiger partial charge >= 0.3 is 0 Å². The van der Waals surface area contributed by atoms with Crippen molar-refractivity contribution >= 4 is 27.6 Å². The second-order valence-electron chi connectivity index (χ2n) is 7.75. The Hall–Kier alpha value is -0.420. The number of alkyl halides is 1. The molecule has 2 bridgehead atoms. The number of piperazine rings is 1. The van der Waals surface area contributed by atoms with Crippen LogP contribution in [-0.2, 0) is 9.59 Å². The highest BCUT2D eigenvalue weighted by atomic mass is 79.9. The van der Waals surface area contributed by atoms with Crippen LogP contribution in [0.25, 0.3) is 0 Å². The van der Waals surface area contributed by atoms with Gasteiger partial charge in [-0.3, -0.25) is 9.59 Å². The van der Waals surface area contributed by atoms with E-state index in [1.165, 1.54) is 0 Å². The van der Waals surface area contributed by atoms with Crippen molar-refractivity contribution in [2.24, 2.45) is 16.2 Å². The molecule has 5 heteroatoms. The first-order valence-electron chi connectivity index (χ1n) is 7.85. The van der Waals surface area contributed by atoms with E-state index < -0.39 is 5.41 Å². The fourth-order valence-electron chi connectivity index (χ4n) is 4.72. The molecule has 3 fully saturated rings. The summed E-state index contributed by atoms with van der Waals surface area (Å²) >= 11 is 3.60. The Labute approximate surface area is 135 Å². The molecule has 3 rings (SSSR count). The highest BCUT2D eigenvalue weighted by Gasteiger charge is 2.77. The van der Waals surface area contributed by atoms with Gasteiger partial charge in [0.2, 0.25) is 5.91 Å². The van der Waals surface area contributed by atoms with E-state index in [1.54, 1.807) is 0 Å². The zero-order valence-corrected chi connectivity index (χ0v) is 15.0. The number of carbonyl (C=O) groups is 2. The SMILES string of the molecule is CN1CCN(C(=O)[C@@]23CC[C@](C)(C(=O)[C@H]2Br)C3(C)C)CC1. The number of amides is 1. The summed E-state index contributed by atoms with van der Waals surface area (Å²) in [6.07, 6.45) is 1.66. The average molecular weight is 357 g/mol. The zero-order valence-electron chi connectivity index (χ0n) is 13.4. The number of rotatable bonds is 1. The number of ketones is 1. The quantitative estimate of drug-likeness (QED) is 0.674. The molecule has 21 heavy (non-hydrogen) atoms. The predicted molar refractivity (Wildman–Crippen MR) is 85.4 cm³/mol. The topological polar surface area (TPSA) is 40.6 Å². The van der Waals surface area contributed by atoms with Crippen molar-refractivity contribution in [1.29, 1.82) is 0 Å². The molecule has 0 spiro atoms. The van der Waals surface area contributed by atoms with Crippen LogP contribution < -0.4 is 0 Å². The lowest BCUT2D eigenvalue weighted by atomic mass is 9.64. The largest absolute Gasteiger partial charge is 0.340 e. The van der Waals surface area contributed by atoms with E-state index in [0.717, 1.165) is 39.0 Å². The van der Waals surface area contributed by atoms with Crippen molar-refractivity contribution in [3.8, 4) is 0 Å². The number of hydrogen-bond acceptors (Lipinski definition) is 3. The van der Waals surface area contributed by atoms with E-state index in [2.05, 4.69) is 48.6 Å². The molecule has 2 aliphatic carbocycles. The molecule has 0 aromatic rings. The molecule has 1 heterocycles. The van der Waals surface area contributed by atoms with Crippen LogP contribution in [0.5, 0.6) is 0 Å². The maximum Gasteiger partial charge on any atom is 0.231 e. The molecular weight excluding hydrogens is 332 g/mol. The molecule has 0 N–H and O–H groups in total. The molecule has 0 radical (unpaired) electrons. The van der Waals surface area contributed by atoms with Gasteiger partial charge in [0.1, 0.15) is 0 Å². The van der Waals surface area contributed by atoms with Gasteiger partial charge in [-0.2, -0.15) is 0 Å². The van der Waals surface area contributed by atoms with Crippen molar-refractivity contribution in [1.82, 2.24) is 9.80 Å². The smallest absolute Gasteiger partial charge is 0.231 e. The number of halogens is 1. The lowest BCUT2D eigenvalue weighted by molar-refractivity contribution is -0.148. The molecule has 1 saturated heterocycles. The third-order valence-corrected chi connectivity index (χ3v) is 8.09. The lowest BCUT2D eigenvalue weighted by Gasteiger charge is -2.44. The summed E-state index contributed by atoms with van der Waals surface area (Å²) in [5, 5.41) is 0. The number of fused-ring (bicyclic) bond motifs is 2. The summed E-state index contributed by atoms with van der Waals surface area (Å²) in [4.78, 5) is 30.0. The third-order valence-electron chi connectivity index (χ3n) is 6.89. The van der Waals surface area contributed by atoms with Gasteiger partial charge in [0.15, 0.2) is 5.78 Å². The van der Waals surface area contributed by atoms with Gasteiger partial charge in [0.05, 0.1) is 10.2 Å². The van der Waals surface area contributed by atoms with Crippen molar-refractivity contribution < 1.29 is 9.59 Å². The minimum Gasteiger partial charge on any atom is -0.340 e. The van der Waals surface area contributed by atoms with Crippen LogP contribution in [-0.4, -0.2) is 59.5 Å². The highest BCUT2D eigenvalue weighted by Crippen LogP contribution is 2.72. The number of carbonyl (C=O) groups excluding carboxylic acids is 2. The van der Waals surface area contributed by atoms with Crippen LogP contribution in [0, 0.1) is 16.2 Å². The first kappa shape index (κ1) is 15.5. The minimum atomic E-state index is -0.561. The van der Waals surface area contributed by atoms with Gasteiger partial charge in [0.25, 0.3) is 0 Å². The van der Waals surface area contributed by atoms with Gasteiger partial charge in [-0.05, 0) is 25.3 Å². The fraction of sp³-hybridized carbons (Fsp3) is 0.875. The molecule has 4 nitrogen and oxygen atoms in total. The Balaban J connectivity index is 1.96.